The van der Waals surface area contributed by atoms with E-state index in [0.29, 0.717) is 6.04 Å². The maximum absolute atomic E-state index is 5.75. The van der Waals surface area contributed by atoms with Gasteiger partial charge in [0.1, 0.15) is 5.76 Å². The van der Waals surface area contributed by atoms with Crippen LogP contribution in [0.2, 0.25) is 0 Å². The van der Waals surface area contributed by atoms with Gasteiger partial charge >= 0.3 is 0 Å². The fourth-order valence-electron chi connectivity index (χ4n) is 2.49. The Bertz CT molecular complexity index is 543. The first-order valence-corrected chi connectivity index (χ1v) is 8.70. The maximum Gasteiger partial charge on any atom is 0.118 e. The van der Waals surface area contributed by atoms with Crippen molar-refractivity contribution < 1.29 is 4.42 Å². The topological polar surface area (TPSA) is 28.4 Å². The molecule has 2 heterocycles. The Morgan fingerprint density at radius 1 is 1.33 bits per heavy atom. The van der Waals surface area contributed by atoms with Crippen LogP contribution < -0.4 is 5.32 Å². The molecule has 3 nitrogen and oxygen atoms in total. The van der Waals surface area contributed by atoms with Crippen LogP contribution >= 0.6 is 11.3 Å². The summed E-state index contributed by atoms with van der Waals surface area (Å²) in [7, 11) is 0. The van der Waals surface area contributed by atoms with Gasteiger partial charge in [-0.05, 0) is 41.3 Å². The van der Waals surface area contributed by atoms with Crippen LogP contribution in [0.4, 0.5) is 0 Å². The Kier molecular flexibility index (Phi) is 4.78. The number of rotatable bonds is 8. The first-order valence-electron chi connectivity index (χ1n) is 7.75. The fraction of sp³-hybridized carbons (Fsp3) is 0.529. The quantitative estimate of drug-likeness (QED) is 0.799. The highest BCUT2D eigenvalue weighted by molar-refractivity contribution is 7.07. The van der Waals surface area contributed by atoms with Crippen molar-refractivity contribution in [2.75, 3.05) is 0 Å². The summed E-state index contributed by atoms with van der Waals surface area (Å²) in [5.74, 6) is 1.08. The first kappa shape index (κ1) is 14.8. The van der Waals surface area contributed by atoms with Crippen molar-refractivity contribution in [2.45, 2.75) is 58.4 Å². The summed E-state index contributed by atoms with van der Waals surface area (Å²) < 4.78 is 5.75. The van der Waals surface area contributed by atoms with Crippen molar-refractivity contribution in [2.24, 2.45) is 0 Å². The molecule has 3 rings (SSSR count). The van der Waals surface area contributed by atoms with E-state index in [9.17, 15) is 0 Å². The highest BCUT2D eigenvalue weighted by Crippen LogP contribution is 2.30. The summed E-state index contributed by atoms with van der Waals surface area (Å²) in [6, 6.07) is 5.66. The molecule has 4 heteroatoms. The number of hydrogen-bond acceptors (Lipinski definition) is 4. The molecular formula is C17H24N2OS. The van der Waals surface area contributed by atoms with Crippen molar-refractivity contribution in [1.29, 1.82) is 0 Å². The Morgan fingerprint density at radius 2 is 2.19 bits per heavy atom. The normalized spacial score (nSPS) is 15.2. The molecule has 1 aliphatic rings. The van der Waals surface area contributed by atoms with Gasteiger partial charge in [0.2, 0.25) is 0 Å². The molecule has 1 saturated carbocycles. The molecule has 114 valence electrons. The Labute approximate surface area is 131 Å². The second-order valence-corrected chi connectivity index (χ2v) is 7.00. The molecule has 1 aliphatic carbocycles. The molecule has 0 saturated heterocycles. The molecule has 1 fully saturated rings. The van der Waals surface area contributed by atoms with E-state index >= 15 is 0 Å². The smallest absolute Gasteiger partial charge is 0.118 e. The Balaban J connectivity index is 1.58. The van der Waals surface area contributed by atoms with Crippen LogP contribution in [0, 0.1) is 0 Å². The van der Waals surface area contributed by atoms with Crippen molar-refractivity contribution in [1.82, 2.24) is 10.2 Å². The van der Waals surface area contributed by atoms with E-state index < -0.39 is 0 Å². The summed E-state index contributed by atoms with van der Waals surface area (Å²) in [5.41, 5.74) is 2.66. The number of nitrogens with one attached hydrogen (secondary N) is 1. The van der Waals surface area contributed by atoms with Gasteiger partial charge < -0.3 is 9.73 Å². The predicted molar refractivity (Wildman–Crippen MR) is 87.3 cm³/mol. The average molecular weight is 304 g/mol. The summed E-state index contributed by atoms with van der Waals surface area (Å²) in [6.07, 6.45) is 4.54. The second kappa shape index (κ2) is 6.77. The largest absolute Gasteiger partial charge is 0.468 e. The van der Waals surface area contributed by atoms with Crippen LogP contribution in [0.1, 0.15) is 43.6 Å². The van der Waals surface area contributed by atoms with E-state index in [1.54, 1.807) is 11.3 Å². The zero-order valence-corrected chi connectivity index (χ0v) is 13.7. The Morgan fingerprint density at radius 3 is 2.86 bits per heavy atom. The summed E-state index contributed by atoms with van der Waals surface area (Å²) in [5, 5.41) is 7.83. The van der Waals surface area contributed by atoms with Crippen molar-refractivity contribution in [3.8, 4) is 0 Å². The molecule has 0 atom stereocenters. The molecule has 21 heavy (non-hydrogen) atoms. The zero-order valence-electron chi connectivity index (χ0n) is 12.8. The minimum absolute atomic E-state index is 0.505. The molecule has 2 aromatic rings. The molecule has 0 amide bonds. The summed E-state index contributed by atoms with van der Waals surface area (Å²) in [6.45, 7) is 7.17. The SMILES string of the molecule is CC(C)NCc1coc(CN(Cc2ccsc2)C2CC2)c1. The van der Waals surface area contributed by atoms with E-state index in [0.717, 1.165) is 31.4 Å². The third-order valence-corrected chi connectivity index (χ3v) is 4.54. The predicted octanol–water partition coefficient (Wildman–Crippen LogP) is 4.00. The van der Waals surface area contributed by atoms with E-state index in [1.807, 2.05) is 6.26 Å². The van der Waals surface area contributed by atoms with E-state index in [2.05, 4.69) is 47.0 Å². The first-order chi connectivity index (χ1) is 10.2. The number of furan rings is 1. The van der Waals surface area contributed by atoms with Gasteiger partial charge in [-0.2, -0.15) is 11.3 Å². The van der Waals surface area contributed by atoms with E-state index in [1.165, 1.54) is 24.0 Å². The van der Waals surface area contributed by atoms with Gasteiger partial charge in [0.05, 0.1) is 12.8 Å². The van der Waals surface area contributed by atoms with Crippen LogP contribution in [0.5, 0.6) is 0 Å². The Hall–Kier alpha value is -1.10. The lowest BCUT2D eigenvalue weighted by Crippen LogP contribution is -2.24. The molecule has 0 aliphatic heterocycles. The minimum atomic E-state index is 0.505. The third kappa shape index (κ3) is 4.43. The van der Waals surface area contributed by atoms with Gasteiger partial charge in [-0.1, -0.05) is 13.8 Å². The van der Waals surface area contributed by atoms with E-state index in [-0.39, 0.29) is 0 Å². The molecule has 0 radical (unpaired) electrons. The third-order valence-electron chi connectivity index (χ3n) is 3.81. The van der Waals surface area contributed by atoms with Gasteiger partial charge in [0, 0.05) is 30.7 Å². The van der Waals surface area contributed by atoms with Crippen LogP contribution in [0.15, 0.2) is 33.6 Å². The summed E-state index contributed by atoms with van der Waals surface area (Å²) in [4.78, 5) is 2.54. The molecule has 0 aromatic carbocycles. The lowest BCUT2D eigenvalue weighted by atomic mass is 10.2. The standard InChI is InChI=1S/C17H24N2OS/c1-13(2)18-8-15-7-17(20-11-15)10-19(16-3-4-16)9-14-5-6-21-12-14/h5-7,11-13,16,18H,3-4,8-10H2,1-2H3. The van der Waals surface area contributed by atoms with Gasteiger partial charge in [0.15, 0.2) is 0 Å². The molecule has 0 bridgehead atoms. The van der Waals surface area contributed by atoms with Gasteiger partial charge in [-0.3, -0.25) is 4.90 Å². The maximum atomic E-state index is 5.75. The zero-order chi connectivity index (χ0) is 14.7. The second-order valence-electron chi connectivity index (χ2n) is 6.22. The van der Waals surface area contributed by atoms with Gasteiger partial charge in [-0.15, -0.1) is 0 Å². The van der Waals surface area contributed by atoms with Crippen molar-refractivity contribution in [3.63, 3.8) is 0 Å². The van der Waals surface area contributed by atoms with Crippen molar-refractivity contribution in [3.05, 3.63) is 46.0 Å². The number of nitrogens with zero attached hydrogens (tertiary/aromatic N) is 1. The summed E-state index contributed by atoms with van der Waals surface area (Å²) >= 11 is 1.77. The highest BCUT2D eigenvalue weighted by Gasteiger charge is 2.29. The molecule has 2 aromatic heterocycles. The van der Waals surface area contributed by atoms with Crippen LogP contribution in [0.3, 0.4) is 0 Å². The van der Waals surface area contributed by atoms with Crippen molar-refractivity contribution >= 4 is 11.3 Å². The minimum Gasteiger partial charge on any atom is -0.468 e. The molecule has 0 unspecified atom stereocenters. The van der Waals surface area contributed by atoms with Crippen LogP contribution in [-0.2, 0) is 19.6 Å². The lowest BCUT2D eigenvalue weighted by molar-refractivity contribution is 0.225. The fourth-order valence-corrected chi connectivity index (χ4v) is 3.15. The lowest BCUT2D eigenvalue weighted by Gasteiger charge is -2.20. The highest BCUT2D eigenvalue weighted by atomic mass is 32.1. The number of hydrogen-bond donors (Lipinski definition) is 1. The van der Waals surface area contributed by atoms with Crippen LogP contribution in [-0.4, -0.2) is 17.0 Å². The van der Waals surface area contributed by atoms with Gasteiger partial charge in [-0.25, -0.2) is 0 Å². The molecule has 0 spiro atoms. The van der Waals surface area contributed by atoms with Crippen LogP contribution in [0.25, 0.3) is 0 Å². The van der Waals surface area contributed by atoms with E-state index in [4.69, 9.17) is 4.42 Å². The molecule has 1 N–H and O–H groups in total. The van der Waals surface area contributed by atoms with Gasteiger partial charge in [0.25, 0.3) is 0 Å². The number of thiophene rings is 1. The molecular weight excluding hydrogens is 280 g/mol. The average Bonchev–Trinajstić information content (AvgIpc) is 2.99. The monoisotopic (exact) mass is 304 g/mol.